The van der Waals surface area contributed by atoms with Gasteiger partial charge in [-0.2, -0.15) is 0 Å². The predicted molar refractivity (Wildman–Crippen MR) is 108 cm³/mol. The van der Waals surface area contributed by atoms with E-state index in [1.54, 1.807) is 0 Å². The lowest BCUT2D eigenvalue weighted by molar-refractivity contribution is -0.123. The Balaban J connectivity index is 1.55. The van der Waals surface area contributed by atoms with Crippen molar-refractivity contribution in [2.45, 2.75) is 13.0 Å². The number of piperazine rings is 1. The molecule has 1 fully saturated rings. The molecule has 1 aliphatic heterocycles. The number of hydrogen-bond acceptors (Lipinski definition) is 5. The molecule has 1 atom stereocenters. The van der Waals surface area contributed by atoms with Crippen LogP contribution >= 0.6 is 15.9 Å². The molecule has 1 saturated heterocycles. The fourth-order valence-corrected chi connectivity index (χ4v) is 3.38. The molecule has 0 spiro atoms. The molecular weight excluding hydrogens is 410 g/mol. The van der Waals surface area contributed by atoms with Crippen molar-refractivity contribution in [1.29, 1.82) is 0 Å². The van der Waals surface area contributed by atoms with E-state index in [4.69, 9.17) is 9.15 Å². The van der Waals surface area contributed by atoms with Crippen LogP contribution in [0.1, 0.15) is 17.6 Å². The molecule has 0 unspecified atom stereocenters. The summed E-state index contributed by atoms with van der Waals surface area (Å²) in [6.45, 7) is 6.36. The molecule has 0 radical (unpaired) electrons. The van der Waals surface area contributed by atoms with Crippen molar-refractivity contribution in [2.75, 3.05) is 46.4 Å². The first-order chi connectivity index (χ1) is 13.0. The first-order valence-electron chi connectivity index (χ1n) is 9.15. The molecule has 7 heteroatoms. The lowest BCUT2D eigenvalue weighted by atomic mass is 10.1. The summed E-state index contributed by atoms with van der Waals surface area (Å²) < 4.78 is 12.4. The van der Waals surface area contributed by atoms with E-state index in [1.165, 1.54) is 0 Å². The van der Waals surface area contributed by atoms with E-state index in [1.807, 2.05) is 43.3 Å². The quantitative estimate of drug-likeness (QED) is 0.724. The minimum absolute atomic E-state index is 0.00568. The second kappa shape index (κ2) is 9.39. The van der Waals surface area contributed by atoms with Crippen LogP contribution in [0.25, 0.3) is 0 Å². The molecule has 2 aromatic rings. The highest BCUT2D eigenvalue weighted by atomic mass is 79.9. The summed E-state index contributed by atoms with van der Waals surface area (Å²) in [5.74, 6) is 2.31. The van der Waals surface area contributed by atoms with Gasteiger partial charge < -0.3 is 19.4 Å². The number of halogens is 1. The van der Waals surface area contributed by atoms with E-state index in [2.05, 4.69) is 38.1 Å². The number of ether oxygens (including phenoxy) is 1. The van der Waals surface area contributed by atoms with E-state index in [0.717, 1.165) is 42.2 Å². The van der Waals surface area contributed by atoms with Crippen molar-refractivity contribution in [1.82, 2.24) is 15.1 Å². The first kappa shape index (κ1) is 19.9. The molecule has 27 heavy (non-hydrogen) atoms. The zero-order chi connectivity index (χ0) is 19.2. The van der Waals surface area contributed by atoms with Gasteiger partial charge in [0.05, 0.1) is 6.04 Å². The summed E-state index contributed by atoms with van der Waals surface area (Å²) in [6, 6.07) is 11.4. The van der Waals surface area contributed by atoms with E-state index in [9.17, 15) is 4.79 Å². The van der Waals surface area contributed by atoms with Crippen molar-refractivity contribution in [3.63, 3.8) is 0 Å². The summed E-state index contributed by atoms with van der Waals surface area (Å²) in [5, 5.41) is 2.99. The minimum atomic E-state index is -0.139. The molecule has 1 aromatic carbocycles. The number of hydrogen-bond donors (Lipinski definition) is 1. The van der Waals surface area contributed by atoms with Gasteiger partial charge in [0.1, 0.15) is 17.3 Å². The van der Waals surface area contributed by atoms with Gasteiger partial charge in [-0.1, -0.05) is 15.9 Å². The largest absolute Gasteiger partial charge is 0.484 e. The monoisotopic (exact) mass is 435 g/mol. The number of carbonyl (C=O) groups is 1. The Bertz CT molecular complexity index is 739. The maximum absolute atomic E-state index is 12.3. The molecule has 1 amide bonds. The zero-order valence-electron chi connectivity index (χ0n) is 15.8. The Kier molecular flexibility index (Phi) is 6.93. The van der Waals surface area contributed by atoms with Gasteiger partial charge >= 0.3 is 0 Å². The summed E-state index contributed by atoms with van der Waals surface area (Å²) >= 11 is 3.38. The van der Waals surface area contributed by atoms with Crippen LogP contribution in [-0.4, -0.2) is 62.1 Å². The van der Waals surface area contributed by atoms with Gasteiger partial charge in [0.2, 0.25) is 0 Å². The Morgan fingerprint density at radius 2 is 1.89 bits per heavy atom. The summed E-state index contributed by atoms with van der Waals surface area (Å²) in [6.07, 6.45) is 0. The van der Waals surface area contributed by atoms with E-state index < -0.39 is 0 Å². The average Bonchev–Trinajstić information content (AvgIpc) is 3.09. The van der Waals surface area contributed by atoms with Crippen LogP contribution in [0.3, 0.4) is 0 Å². The van der Waals surface area contributed by atoms with Crippen molar-refractivity contribution < 1.29 is 13.9 Å². The number of rotatable bonds is 7. The molecule has 3 rings (SSSR count). The lowest BCUT2D eigenvalue weighted by Gasteiger charge is -2.37. The van der Waals surface area contributed by atoms with Gasteiger partial charge in [-0.05, 0) is 50.4 Å². The molecule has 0 saturated carbocycles. The number of amides is 1. The van der Waals surface area contributed by atoms with Crippen LogP contribution in [0.4, 0.5) is 0 Å². The molecule has 0 aliphatic carbocycles. The number of nitrogens with zero attached hydrogens (tertiary/aromatic N) is 2. The van der Waals surface area contributed by atoms with E-state index in [-0.39, 0.29) is 18.6 Å². The van der Waals surface area contributed by atoms with Gasteiger partial charge in [0.25, 0.3) is 5.91 Å². The fourth-order valence-electron chi connectivity index (χ4n) is 3.12. The van der Waals surface area contributed by atoms with Crippen LogP contribution in [0.5, 0.6) is 5.75 Å². The number of carbonyl (C=O) groups excluding carboxylic acids is 1. The standard InChI is InChI=1S/C20H26BrN3O3/c1-15-3-8-19(27-15)18(24-11-9-23(2)10-12-24)13-22-20(25)14-26-17-6-4-16(21)5-7-17/h3-8,18H,9-14H2,1-2H3,(H,22,25)/t18-/m0/s1. The second-order valence-corrected chi connectivity index (χ2v) is 7.77. The van der Waals surface area contributed by atoms with Crippen molar-refractivity contribution >= 4 is 21.8 Å². The van der Waals surface area contributed by atoms with Gasteiger partial charge in [0, 0.05) is 37.2 Å². The summed E-state index contributed by atoms with van der Waals surface area (Å²) in [7, 11) is 2.13. The SMILES string of the molecule is Cc1ccc([C@H](CNC(=O)COc2ccc(Br)cc2)N2CCN(C)CC2)o1. The van der Waals surface area contributed by atoms with Crippen molar-refractivity contribution in [3.05, 3.63) is 52.4 Å². The molecular formula is C20H26BrN3O3. The number of nitrogens with one attached hydrogen (secondary N) is 1. The fraction of sp³-hybridized carbons (Fsp3) is 0.450. The smallest absolute Gasteiger partial charge is 0.258 e. The third kappa shape index (κ3) is 5.82. The van der Waals surface area contributed by atoms with E-state index in [0.29, 0.717) is 12.3 Å². The van der Waals surface area contributed by atoms with Crippen molar-refractivity contribution in [2.24, 2.45) is 0 Å². The molecule has 0 bridgehead atoms. The van der Waals surface area contributed by atoms with Gasteiger partial charge in [-0.25, -0.2) is 0 Å². The van der Waals surface area contributed by atoms with E-state index >= 15 is 0 Å². The molecule has 1 aliphatic rings. The molecule has 1 aromatic heterocycles. The van der Waals surface area contributed by atoms with Gasteiger partial charge in [-0.15, -0.1) is 0 Å². The van der Waals surface area contributed by atoms with Crippen LogP contribution < -0.4 is 10.1 Å². The minimum Gasteiger partial charge on any atom is -0.484 e. The van der Waals surface area contributed by atoms with Gasteiger partial charge in [-0.3, -0.25) is 9.69 Å². The number of aryl methyl sites for hydroxylation is 1. The Morgan fingerprint density at radius 3 is 2.52 bits per heavy atom. The average molecular weight is 436 g/mol. The summed E-state index contributed by atoms with van der Waals surface area (Å²) in [5.41, 5.74) is 0. The number of benzene rings is 1. The highest BCUT2D eigenvalue weighted by Gasteiger charge is 2.26. The zero-order valence-corrected chi connectivity index (χ0v) is 17.4. The molecule has 146 valence electrons. The van der Waals surface area contributed by atoms with Crippen LogP contribution in [0.2, 0.25) is 0 Å². The Hall–Kier alpha value is -1.83. The molecule has 6 nitrogen and oxygen atoms in total. The maximum atomic E-state index is 12.3. The lowest BCUT2D eigenvalue weighted by Crippen LogP contribution is -2.48. The molecule has 2 heterocycles. The number of likely N-dealkylation sites (N-methyl/N-ethyl adjacent to an activating group) is 1. The highest BCUT2D eigenvalue weighted by Crippen LogP contribution is 2.23. The Labute approximate surface area is 168 Å². The number of furan rings is 1. The normalized spacial score (nSPS) is 16.9. The van der Waals surface area contributed by atoms with Gasteiger partial charge in [0.15, 0.2) is 6.61 Å². The topological polar surface area (TPSA) is 58.0 Å². The third-order valence-corrected chi connectivity index (χ3v) is 5.27. The van der Waals surface area contributed by atoms with Crippen LogP contribution in [0, 0.1) is 6.92 Å². The Morgan fingerprint density at radius 1 is 1.19 bits per heavy atom. The summed E-state index contributed by atoms with van der Waals surface area (Å²) in [4.78, 5) is 16.9. The van der Waals surface area contributed by atoms with Crippen molar-refractivity contribution in [3.8, 4) is 5.75 Å². The maximum Gasteiger partial charge on any atom is 0.258 e. The highest BCUT2D eigenvalue weighted by molar-refractivity contribution is 9.10. The first-order valence-corrected chi connectivity index (χ1v) is 9.94. The predicted octanol–water partition coefficient (Wildman–Crippen LogP) is 2.83. The van der Waals surface area contributed by atoms with Crippen LogP contribution in [-0.2, 0) is 4.79 Å². The third-order valence-electron chi connectivity index (χ3n) is 4.74. The molecule has 1 N–H and O–H groups in total. The van der Waals surface area contributed by atoms with Crippen LogP contribution in [0.15, 0.2) is 45.3 Å². The second-order valence-electron chi connectivity index (χ2n) is 6.85.